The van der Waals surface area contributed by atoms with E-state index in [9.17, 15) is 8.42 Å². The molecule has 0 aliphatic heterocycles. The fourth-order valence-corrected chi connectivity index (χ4v) is 5.25. The van der Waals surface area contributed by atoms with Crippen LogP contribution in [0.5, 0.6) is 0 Å². The highest BCUT2D eigenvalue weighted by Crippen LogP contribution is 2.30. The van der Waals surface area contributed by atoms with Crippen molar-refractivity contribution in [3.63, 3.8) is 0 Å². The lowest BCUT2D eigenvalue weighted by molar-refractivity contribution is 0.552. The molecule has 0 bridgehead atoms. The Bertz CT molecular complexity index is 528. The predicted molar refractivity (Wildman–Crippen MR) is 81.1 cm³/mol. The van der Waals surface area contributed by atoms with E-state index in [0.29, 0.717) is 10.1 Å². The molecule has 1 aliphatic rings. The van der Waals surface area contributed by atoms with Crippen LogP contribution in [0.15, 0.2) is 29.2 Å². The zero-order chi connectivity index (χ0) is 13.9. The molecule has 1 N–H and O–H groups in total. The van der Waals surface area contributed by atoms with Crippen molar-refractivity contribution in [2.24, 2.45) is 0 Å². The summed E-state index contributed by atoms with van der Waals surface area (Å²) >= 11 is 1.93. The third kappa shape index (κ3) is 3.74. The second-order valence-electron chi connectivity index (χ2n) is 4.97. The van der Waals surface area contributed by atoms with Gasteiger partial charge in [0.15, 0.2) is 0 Å². The summed E-state index contributed by atoms with van der Waals surface area (Å²) in [6.45, 7) is 3.98. The zero-order valence-corrected chi connectivity index (χ0v) is 13.1. The Balaban J connectivity index is 2.05. The summed E-state index contributed by atoms with van der Waals surface area (Å²) in [4.78, 5) is 0.404. The molecule has 0 aromatic heterocycles. The lowest BCUT2D eigenvalue weighted by Gasteiger charge is -2.14. The zero-order valence-electron chi connectivity index (χ0n) is 11.4. The number of thioether (sulfide) groups is 1. The maximum absolute atomic E-state index is 12.4. The summed E-state index contributed by atoms with van der Waals surface area (Å²) in [6, 6.07) is 7.22. The van der Waals surface area contributed by atoms with Crippen molar-refractivity contribution < 1.29 is 8.42 Å². The number of hydrogen-bond donors (Lipinski definition) is 1. The molecule has 0 spiro atoms. The van der Waals surface area contributed by atoms with Crippen LogP contribution in [0.3, 0.4) is 0 Å². The molecule has 3 nitrogen and oxygen atoms in total. The standard InChI is InChI=1S/C14H21NO2S2/c1-3-18-13-9-8-12(10-13)15-19(16,17)14-7-5-4-6-11(14)2/h4-7,12-13,15H,3,8-10H2,1-2H3. The van der Waals surface area contributed by atoms with E-state index >= 15 is 0 Å². The SMILES string of the molecule is CCSC1CCC(NS(=O)(=O)c2ccccc2C)C1. The van der Waals surface area contributed by atoms with Crippen molar-refractivity contribution in [2.45, 2.75) is 49.3 Å². The highest BCUT2D eigenvalue weighted by molar-refractivity contribution is 7.99. The van der Waals surface area contributed by atoms with Crippen LogP contribution in [0.4, 0.5) is 0 Å². The van der Waals surface area contributed by atoms with Crippen LogP contribution in [0.1, 0.15) is 31.7 Å². The smallest absolute Gasteiger partial charge is 0.208 e. The molecule has 0 amide bonds. The van der Waals surface area contributed by atoms with Gasteiger partial charge in [0.25, 0.3) is 0 Å². The first-order valence-corrected chi connectivity index (χ1v) is 9.25. The molecular weight excluding hydrogens is 278 g/mol. The molecular formula is C14H21NO2S2. The fourth-order valence-electron chi connectivity index (χ4n) is 2.58. The second-order valence-corrected chi connectivity index (χ2v) is 8.23. The van der Waals surface area contributed by atoms with Gasteiger partial charge in [0.05, 0.1) is 4.90 Å². The molecule has 2 unspecified atom stereocenters. The van der Waals surface area contributed by atoms with E-state index in [1.165, 1.54) is 0 Å². The average molecular weight is 299 g/mol. The topological polar surface area (TPSA) is 46.2 Å². The van der Waals surface area contributed by atoms with Gasteiger partial charge in [-0.2, -0.15) is 11.8 Å². The lowest BCUT2D eigenvalue weighted by Crippen LogP contribution is -2.33. The van der Waals surface area contributed by atoms with Gasteiger partial charge in [-0.05, 0) is 43.6 Å². The Morgan fingerprint density at radius 3 is 2.74 bits per heavy atom. The molecule has 5 heteroatoms. The third-order valence-corrected chi connectivity index (χ3v) is 6.41. The van der Waals surface area contributed by atoms with Gasteiger partial charge in [-0.1, -0.05) is 25.1 Å². The van der Waals surface area contributed by atoms with Crippen LogP contribution in [0.2, 0.25) is 0 Å². The number of rotatable bonds is 5. The van der Waals surface area contributed by atoms with E-state index < -0.39 is 10.0 Å². The Labute approximate surface area is 120 Å². The number of sulfonamides is 1. The first-order valence-electron chi connectivity index (χ1n) is 6.72. The quantitative estimate of drug-likeness (QED) is 0.909. The van der Waals surface area contributed by atoms with Crippen molar-refractivity contribution in [1.82, 2.24) is 4.72 Å². The monoisotopic (exact) mass is 299 g/mol. The van der Waals surface area contributed by atoms with Gasteiger partial charge in [0, 0.05) is 11.3 Å². The van der Waals surface area contributed by atoms with Crippen LogP contribution in [-0.2, 0) is 10.0 Å². The van der Waals surface area contributed by atoms with Gasteiger partial charge >= 0.3 is 0 Å². The van der Waals surface area contributed by atoms with Crippen LogP contribution in [0, 0.1) is 6.92 Å². The average Bonchev–Trinajstić information content (AvgIpc) is 2.76. The van der Waals surface area contributed by atoms with Crippen LogP contribution in [0.25, 0.3) is 0 Å². The van der Waals surface area contributed by atoms with Gasteiger partial charge in [0.2, 0.25) is 10.0 Å². The second kappa shape index (κ2) is 6.29. The summed E-state index contributed by atoms with van der Waals surface area (Å²) in [5, 5.41) is 0.606. The predicted octanol–water partition coefficient (Wildman–Crippen LogP) is 2.95. The molecule has 1 saturated carbocycles. The third-order valence-electron chi connectivity index (χ3n) is 3.49. The highest BCUT2D eigenvalue weighted by atomic mass is 32.2. The largest absolute Gasteiger partial charge is 0.241 e. The van der Waals surface area contributed by atoms with Gasteiger partial charge in [-0.3, -0.25) is 0 Å². The van der Waals surface area contributed by atoms with Gasteiger partial charge < -0.3 is 0 Å². The lowest BCUT2D eigenvalue weighted by atomic mass is 10.2. The molecule has 2 rings (SSSR count). The fraction of sp³-hybridized carbons (Fsp3) is 0.571. The number of nitrogens with one attached hydrogen (secondary N) is 1. The van der Waals surface area contributed by atoms with Gasteiger partial charge in [-0.15, -0.1) is 0 Å². The highest BCUT2D eigenvalue weighted by Gasteiger charge is 2.29. The van der Waals surface area contributed by atoms with E-state index in [4.69, 9.17) is 0 Å². The van der Waals surface area contributed by atoms with Crippen LogP contribution < -0.4 is 4.72 Å². The maximum atomic E-state index is 12.4. The summed E-state index contributed by atoms with van der Waals surface area (Å²) in [6.07, 6.45) is 3.01. The van der Waals surface area contributed by atoms with E-state index in [2.05, 4.69) is 11.6 Å². The summed E-state index contributed by atoms with van der Waals surface area (Å²) in [5.74, 6) is 1.10. The molecule has 2 atom stereocenters. The maximum Gasteiger partial charge on any atom is 0.241 e. The molecule has 1 aromatic carbocycles. The van der Waals surface area contributed by atoms with E-state index in [1.807, 2.05) is 30.8 Å². The van der Waals surface area contributed by atoms with Gasteiger partial charge in [0.1, 0.15) is 0 Å². The molecule has 19 heavy (non-hydrogen) atoms. The normalized spacial score (nSPS) is 23.7. The molecule has 0 radical (unpaired) electrons. The minimum absolute atomic E-state index is 0.0913. The number of aryl methyl sites for hydroxylation is 1. The molecule has 0 heterocycles. The van der Waals surface area contributed by atoms with Gasteiger partial charge in [-0.25, -0.2) is 13.1 Å². The number of hydrogen-bond acceptors (Lipinski definition) is 3. The van der Waals surface area contributed by atoms with E-state index in [-0.39, 0.29) is 6.04 Å². The Morgan fingerprint density at radius 2 is 2.05 bits per heavy atom. The van der Waals surface area contributed by atoms with Crippen molar-refractivity contribution in [2.75, 3.05) is 5.75 Å². The van der Waals surface area contributed by atoms with Crippen LogP contribution in [-0.4, -0.2) is 25.5 Å². The molecule has 1 aromatic rings. The Hall–Kier alpha value is -0.520. The van der Waals surface area contributed by atoms with Crippen LogP contribution >= 0.6 is 11.8 Å². The summed E-state index contributed by atoms with van der Waals surface area (Å²) in [7, 11) is -3.37. The number of benzene rings is 1. The van der Waals surface area contributed by atoms with E-state index in [1.54, 1.807) is 12.1 Å². The minimum Gasteiger partial charge on any atom is -0.208 e. The first-order chi connectivity index (χ1) is 9.03. The van der Waals surface area contributed by atoms with Crippen molar-refractivity contribution >= 4 is 21.8 Å². The molecule has 0 saturated heterocycles. The van der Waals surface area contributed by atoms with Crippen molar-refractivity contribution in [3.8, 4) is 0 Å². The molecule has 1 aliphatic carbocycles. The first kappa shape index (κ1) is 14.9. The molecule has 106 valence electrons. The Kier molecular flexibility index (Phi) is 4.92. The summed E-state index contributed by atoms with van der Waals surface area (Å²) < 4.78 is 27.6. The minimum atomic E-state index is -3.37. The van der Waals surface area contributed by atoms with Crippen molar-refractivity contribution in [1.29, 1.82) is 0 Å². The Morgan fingerprint density at radius 1 is 1.32 bits per heavy atom. The van der Waals surface area contributed by atoms with Crippen molar-refractivity contribution in [3.05, 3.63) is 29.8 Å². The summed E-state index contributed by atoms with van der Waals surface area (Å²) in [5.41, 5.74) is 0.799. The molecule has 1 fully saturated rings. The van der Waals surface area contributed by atoms with E-state index in [0.717, 1.165) is 30.6 Å².